The van der Waals surface area contributed by atoms with Gasteiger partial charge in [0, 0.05) is 25.1 Å². The van der Waals surface area contributed by atoms with E-state index in [0.717, 1.165) is 18.7 Å². The minimum atomic E-state index is -0.868. The number of hydrogen-bond donors (Lipinski definition) is 3. The lowest BCUT2D eigenvalue weighted by atomic mass is 10.1. The Morgan fingerprint density at radius 2 is 2.26 bits per heavy atom. The van der Waals surface area contributed by atoms with E-state index in [9.17, 15) is 9.90 Å². The molecular formula is C13H22N4O2. The summed E-state index contributed by atoms with van der Waals surface area (Å²) in [7, 11) is 3.82. The van der Waals surface area contributed by atoms with Gasteiger partial charge in [-0.1, -0.05) is 0 Å². The molecule has 1 saturated carbocycles. The van der Waals surface area contributed by atoms with Crippen molar-refractivity contribution in [2.75, 3.05) is 32.5 Å². The number of rotatable bonds is 6. The van der Waals surface area contributed by atoms with Crippen molar-refractivity contribution in [3.8, 4) is 0 Å². The smallest absolute Gasteiger partial charge is 0.252 e. The molecule has 1 heterocycles. The third kappa shape index (κ3) is 4.33. The zero-order chi connectivity index (χ0) is 14.0. The quantitative estimate of drug-likeness (QED) is 0.693. The van der Waals surface area contributed by atoms with Crippen LogP contribution < -0.4 is 10.9 Å². The Morgan fingerprint density at radius 3 is 2.84 bits per heavy atom. The van der Waals surface area contributed by atoms with Crippen molar-refractivity contribution in [3.63, 3.8) is 0 Å². The van der Waals surface area contributed by atoms with Crippen molar-refractivity contribution < 1.29 is 5.11 Å². The van der Waals surface area contributed by atoms with E-state index in [0.29, 0.717) is 24.8 Å². The summed E-state index contributed by atoms with van der Waals surface area (Å²) in [6.07, 6.45) is 2.18. The molecule has 1 aliphatic rings. The Bertz CT molecular complexity index is 492. The Hall–Kier alpha value is -1.40. The molecule has 0 saturated heterocycles. The maximum Gasteiger partial charge on any atom is 0.252 e. The molecule has 0 amide bonds. The summed E-state index contributed by atoms with van der Waals surface area (Å²) < 4.78 is 0. The molecule has 1 aromatic heterocycles. The third-order valence-corrected chi connectivity index (χ3v) is 3.03. The number of hydrogen-bond acceptors (Lipinski definition) is 5. The number of aromatic amines is 1. The molecule has 106 valence electrons. The molecule has 1 aromatic rings. The number of nitrogens with zero attached hydrogens (tertiary/aromatic N) is 2. The van der Waals surface area contributed by atoms with Crippen LogP contribution in [-0.4, -0.2) is 52.8 Å². The molecule has 0 bridgehead atoms. The molecular weight excluding hydrogens is 244 g/mol. The zero-order valence-corrected chi connectivity index (χ0v) is 11.7. The average Bonchev–Trinajstić information content (AvgIpc) is 3.07. The maximum absolute atomic E-state index is 11.5. The highest BCUT2D eigenvalue weighted by Gasteiger charge is 2.27. The largest absolute Gasteiger partial charge is 0.387 e. The molecule has 1 aliphatic carbocycles. The van der Waals surface area contributed by atoms with Gasteiger partial charge in [-0.25, -0.2) is 4.98 Å². The molecule has 2 rings (SSSR count). The number of anilines is 1. The van der Waals surface area contributed by atoms with Crippen LogP contribution in [0.4, 0.5) is 5.82 Å². The first-order valence-corrected chi connectivity index (χ1v) is 6.58. The Labute approximate surface area is 112 Å². The molecule has 0 radical (unpaired) electrons. The predicted molar refractivity (Wildman–Crippen MR) is 74.5 cm³/mol. The first-order valence-electron chi connectivity index (χ1n) is 6.58. The Morgan fingerprint density at radius 1 is 1.58 bits per heavy atom. The summed E-state index contributed by atoms with van der Waals surface area (Å²) in [4.78, 5) is 20.6. The molecule has 6 nitrogen and oxygen atoms in total. The summed E-state index contributed by atoms with van der Waals surface area (Å²) in [6.45, 7) is 2.65. The van der Waals surface area contributed by atoms with E-state index in [4.69, 9.17) is 0 Å². The van der Waals surface area contributed by atoms with E-state index in [1.807, 2.05) is 19.0 Å². The Kier molecular flexibility index (Phi) is 3.91. The van der Waals surface area contributed by atoms with Crippen molar-refractivity contribution in [1.82, 2.24) is 14.9 Å². The van der Waals surface area contributed by atoms with Gasteiger partial charge >= 0.3 is 0 Å². The standard InChI is InChI=1S/C13H22N4O2/c1-13(19,8-17(2)3)7-14-10-6-11(18)16-12(15-10)9-4-5-9/h6,9,19H,4-5,7-8H2,1-3H3,(H2,14,15,16,18). The van der Waals surface area contributed by atoms with Crippen molar-refractivity contribution in [3.05, 3.63) is 22.2 Å². The minimum absolute atomic E-state index is 0.147. The van der Waals surface area contributed by atoms with Crippen molar-refractivity contribution in [2.24, 2.45) is 0 Å². The fourth-order valence-corrected chi connectivity index (χ4v) is 2.14. The van der Waals surface area contributed by atoms with Crippen LogP contribution in [0.15, 0.2) is 10.9 Å². The zero-order valence-electron chi connectivity index (χ0n) is 11.7. The topological polar surface area (TPSA) is 81.2 Å². The van der Waals surface area contributed by atoms with Gasteiger partial charge in [-0.05, 0) is 33.9 Å². The second kappa shape index (κ2) is 5.30. The summed E-state index contributed by atoms with van der Waals surface area (Å²) in [6, 6.07) is 1.43. The third-order valence-electron chi connectivity index (χ3n) is 3.03. The highest BCUT2D eigenvalue weighted by molar-refractivity contribution is 5.34. The van der Waals surface area contributed by atoms with Gasteiger partial charge in [0.05, 0.1) is 5.60 Å². The SMILES string of the molecule is CN(C)CC(C)(O)CNc1cc(=O)[nH]c(C2CC2)n1. The second-order valence-corrected chi connectivity index (χ2v) is 5.88. The summed E-state index contributed by atoms with van der Waals surface area (Å²) in [5, 5.41) is 13.2. The van der Waals surface area contributed by atoms with Gasteiger partial charge in [-0.15, -0.1) is 0 Å². The van der Waals surface area contributed by atoms with Gasteiger partial charge in [0.2, 0.25) is 0 Å². The van der Waals surface area contributed by atoms with Gasteiger partial charge in [-0.3, -0.25) is 4.79 Å². The highest BCUT2D eigenvalue weighted by atomic mass is 16.3. The highest BCUT2D eigenvalue weighted by Crippen LogP contribution is 2.37. The maximum atomic E-state index is 11.5. The molecule has 0 aromatic carbocycles. The van der Waals surface area contributed by atoms with E-state index in [1.165, 1.54) is 6.07 Å². The molecule has 1 atom stereocenters. The van der Waals surface area contributed by atoms with Crippen LogP contribution in [0.3, 0.4) is 0 Å². The second-order valence-electron chi connectivity index (χ2n) is 5.88. The normalized spacial score (nSPS) is 18.4. The fraction of sp³-hybridized carbons (Fsp3) is 0.692. The molecule has 3 N–H and O–H groups in total. The van der Waals surface area contributed by atoms with Crippen LogP contribution in [0.1, 0.15) is 31.5 Å². The number of aromatic nitrogens is 2. The first kappa shape index (κ1) is 14.0. The first-order chi connectivity index (χ1) is 8.85. The number of aliphatic hydroxyl groups is 1. The minimum Gasteiger partial charge on any atom is -0.387 e. The van der Waals surface area contributed by atoms with E-state index in [-0.39, 0.29) is 5.56 Å². The summed E-state index contributed by atoms with van der Waals surface area (Å²) >= 11 is 0. The van der Waals surface area contributed by atoms with Gasteiger partial charge in [0.15, 0.2) is 0 Å². The lowest BCUT2D eigenvalue weighted by Crippen LogP contribution is -2.43. The monoisotopic (exact) mass is 266 g/mol. The van der Waals surface area contributed by atoms with Gasteiger partial charge in [0.25, 0.3) is 5.56 Å². The van der Waals surface area contributed by atoms with Crippen LogP contribution >= 0.6 is 0 Å². The average molecular weight is 266 g/mol. The summed E-state index contributed by atoms with van der Waals surface area (Å²) in [5.74, 6) is 1.68. The molecule has 1 fully saturated rings. The number of likely N-dealkylation sites (N-methyl/N-ethyl adjacent to an activating group) is 1. The summed E-state index contributed by atoms with van der Waals surface area (Å²) in [5.41, 5.74) is -1.01. The number of H-pyrrole nitrogens is 1. The van der Waals surface area contributed by atoms with Crippen LogP contribution in [0.2, 0.25) is 0 Å². The predicted octanol–water partition coefficient (Wildman–Crippen LogP) is 0.372. The Balaban J connectivity index is 2.01. The van der Waals surface area contributed by atoms with Gasteiger partial charge < -0.3 is 20.3 Å². The lowest BCUT2D eigenvalue weighted by Gasteiger charge is -2.27. The van der Waals surface area contributed by atoms with Crippen molar-refractivity contribution in [2.45, 2.75) is 31.3 Å². The molecule has 0 aliphatic heterocycles. The van der Waals surface area contributed by atoms with Crippen LogP contribution in [0, 0.1) is 0 Å². The van der Waals surface area contributed by atoms with Crippen LogP contribution in [0.25, 0.3) is 0 Å². The van der Waals surface area contributed by atoms with E-state index in [2.05, 4.69) is 15.3 Å². The molecule has 6 heteroatoms. The number of nitrogens with one attached hydrogen (secondary N) is 2. The molecule has 19 heavy (non-hydrogen) atoms. The molecule has 1 unspecified atom stereocenters. The fourth-order valence-electron chi connectivity index (χ4n) is 2.14. The van der Waals surface area contributed by atoms with E-state index < -0.39 is 5.60 Å². The lowest BCUT2D eigenvalue weighted by molar-refractivity contribution is 0.0459. The van der Waals surface area contributed by atoms with Crippen molar-refractivity contribution >= 4 is 5.82 Å². The molecule has 0 spiro atoms. The van der Waals surface area contributed by atoms with E-state index in [1.54, 1.807) is 6.92 Å². The van der Waals surface area contributed by atoms with Crippen LogP contribution in [-0.2, 0) is 0 Å². The van der Waals surface area contributed by atoms with E-state index >= 15 is 0 Å². The van der Waals surface area contributed by atoms with Crippen molar-refractivity contribution in [1.29, 1.82) is 0 Å². The van der Waals surface area contributed by atoms with Crippen LogP contribution in [0.5, 0.6) is 0 Å². The van der Waals surface area contributed by atoms with Gasteiger partial charge in [-0.2, -0.15) is 0 Å². The van der Waals surface area contributed by atoms with Gasteiger partial charge in [0.1, 0.15) is 11.6 Å².